The molecular formula is C18H18ClF2N7. The number of rotatable bonds is 4. The molecule has 3 atom stereocenters. The van der Waals surface area contributed by atoms with Crippen molar-refractivity contribution in [1.29, 1.82) is 0 Å². The second-order valence-corrected chi connectivity index (χ2v) is 7.10. The Morgan fingerprint density at radius 2 is 1.93 bits per heavy atom. The summed E-state index contributed by atoms with van der Waals surface area (Å²) in [6.07, 6.45) is 0.982. The fourth-order valence-corrected chi connectivity index (χ4v) is 3.54. The van der Waals surface area contributed by atoms with Gasteiger partial charge in [0.2, 0.25) is 0 Å². The number of anilines is 1. The summed E-state index contributed by atoms with van der Waals surface area (Å²) in [7, 11) is 0. The quantitative estimate of drug-likeness (QED) is 0.579. The normalized spacial score (nSPS) is 21.8. The van der Waals surface area contributed by atoms with E-state index in [1.165, 1.54) is 18.5 Å². The minimum Gasteiger partial charge on any atom is -0.352 e. The molecule has 3 aromatic rings. The summed E-state index contributed by atoms with van der Waals surface area (Å²) >= 11 is 6.52. The molecule has 0 aliphatic carbocycles. The molecule has 10 heteroatoms. The molecule has 1 aromatic carbocycles. The molecule has 0 saturated carbocycles. The molecule has 2 aromatic heterocycles. The maximum absolute atomic E-state index is 14.1. The van der Waals surface area contributed by atoms with Crippen LogP contribution in [0.2, 0.25) is 0 Å². The number of hydrogen-bond donors (Lipinski definition) is 3. The van der Waals surface area contributed by atoms with E-state index in [9.17, 15) is 8.78 Å². The van der Waals surface area contributed by atoms with Crippen LogP contribution in [0.3, 0.4) is 0 Å². The first-order chi connectivity index (χ1) is 13.4. The van der Waals surface area contributed by atoms with Crippen LogP contribution >= 0.6 is 11.6 Å². The number of hydrazine groups is 1. The number of aromatic nitrogens is 4. The smallest absolute Gasteiger partial charge is 0.159 e. The van der Waals surface area contributed by atoms with Crippen LogP contribution in [-0.2, 0) is 0 Å². The Bertz CT molecular complexity index is 1010. The fraction of sp³-hybridized carbons (Fsp3) is 0.278. The van der Waals surface area contributed by atoms with E-state index in [1.807, 2.05) is 19.9 Å². The molecule has 0 spiro atoms. The Morgan fingerprint density at radius 3 is 2.64 bits per heavy atom. The molecule has 1 aliphatic heterocycles. The van der Waals surface area contributed by atoms with Gasteiger partial charge >= 0.3 is 0 Å². The monoisotopic (exact) mass is 405 g/mol. The molecule has 4 rings (SSSR count). The zero-order valence-electron chi connectivity index (χ0n) is 15.1. The average Bonchev–Trinajstić information content (AvgIpc) is 3.18. The van der Waals surface area contributed by atoms with Crippen LogP contribution in [0.5, 0.6) is 0 Å². The summed E-state index contributed by atoms with van der Waals surface area (Å²) in [6.45, 7) is 3.85. The van der Waals surface area contributed by atoms with Crippen LogP contribution in [0, 0.1) is 25.5 Å². The highest BCUT2D eigenvalue weighted by Crippen LogP contribution is 2.30. The maximum Gasteiger partial charge on any atom is 0.159 e. The van der Waals surface area contributed by atoms with Gasteiger partial charge in [0, 0.05) is 23.4 Å². The highest BCUT2D eigenvalue weighted by atomic mass is 35.5. The van der Waals surface area contributed by atoms with Gasteiger partial charge < -0.3 is 5.32 Å². The van der Waals surface area contributed by atoms with Gasteiger partial charge in [-0.3, -0.25) is 0 Å². The lowest BCUT2D eigenvalue weighted by Crippen LogP contribution is -2.38. The van der Waals surface area contributed by atoms with Gasteiger partial charge in [0.05, 0.1) is 17.1 Å². The molecule has 3 heterocycles. The summed E-state index contributed by atoms with van der Waals surface area (Å²) in [5, 5.41) is 7.01. The van der Waals surface area contributed by atoms with Crippen LogP contribution in [0.15, 0.2) is 36.7 Å². The summed E-state index contributed by atoms with van der Waals surface area (Å²) in [5.41, 5.74) is 8.04. The van der Waals surface area contributed by atoms with Crippen LogP contribution in [-0.4, -0.2) is 31.3 Å². The molecule has 146 valence electrons. The molecule has 28 heavy (non-hydrogen) atoms. The van der Waals surface area contributed by atoms with E-state index in [2.05, 4.69) is 31.2 Å². The lowest BCUT2D eigenvalue weighted by molar-refractivity contribution is 0.521. The molecule has 3 N–H and O–H groups in total. The van der Waals surface area contributed by atoms with Crippen molar-refractivity contribution in [2.24, 2.45) is 0 Å². The van der Waals surface area contributed by atoms with E-state index in [-0.39, 0.29) is 5.56 Å². The second kappa shape index (κ2) is 7.42. The van der Waals surface area contributed by atoms with E-state index in [0.717, 1.165) is 17.5 Å². The molecule has 1 saturated heterocycles. The van der Waals surface area contributed by atoms with Crippen molar-refractivity contribution in [1.82, 2.24) is 30.6 Å². The topological polar surface area (TPSA) is 79.7 Å². The molecule has 0 radical (unpaired) electrons. The summed E-state index contributed by atoms with van der Waals surface area (Å²) < 4.78 is 29.0. The lowest BCUT2D eigenvalue weighted by atomic mass is 10.0. The van der Waals surface area contributed by atoms with Crippen molar-refractivity contribution in [2.75, 3.05) is 5.32 Å². The Kier molecular flexibility index (Phi) is 4.96. The van der Waals surface area contributed by atoms with Crippen molar-refractivity contribution in [2.45, 2.75) is 31.4 Å². The highest BCUT2D eigenvalue weighted by Gasteiger charge is 2.37. The molecule has 1 aliphatic rings. The number of hydrogen-bond acceptors (Lipinski definition) is 6. The minimum atomic E-state index is -0.653. The van der Waals surface area contributed by atoms with Gasteiger partial charge in [-0.15, -0.1) is 11.6 Å². The third-order valence-corrected chi connectivity index (χ3v) is 5.02. The van der Waals surface area contributed by atoms with Gasteiger partial charge in [0.15, 0.2) is 5.82 Å². The number of halogens is 3. The van der Waals surface area contributed by atoms with Gasteiger partial charge in [0.25, 0.3) is 0 Å². The highest BCUT2D eigenvalue weighted by molar-refractivity contribution is 6.22. The fourth-order valence-electron chi connectivity index (χ4n) is 3.21. The van der Waals surface area contributed by atoms with Crippen molar-refractivity contribution in [3.05, 3.63) is 65.2 Å². The molecule has 0 amide bonds. The van der Waals surface area contributed by atoms with Crippen molar-refractivity contribution in [3.8, 4) is 5.82 Å². The maximum atomic E-state index is 14.1. The largest absolute Gasteiger partial charge is 0.352 e. The second-order valence-electron chi connectivity index (χ2n) is 6.60. The van der Waals surface area contributed by atoms with E-state index in [4.69, 9.17) is 11.6 Å². The summed E-state index contributed by atoms with van der Waals surface area (Å²) in [4.78, 5) is 8.47. The zero-order chi connectivity index (χ0) is 19.8. The average molecular weight is 406 g/mol. The third kappa shape index (κ3) is 3.56. The number of alkyl halides is 1. The summed E-state index contributed by atoms with van der Waals surface area (Å²) in [5.74, 6) is -0.144. The predicted molar refractivity (Wildman–Crippen MR) is 101 cm³/mol. The predicted octanol–water partition coefficient (Wildman–Crippen LogP) is 2.75. The van der Waals surface area contributed by atoms with Gasteiger partial charge in [-0.1, -0.05) is 6.07 Å². The Hall–Kier alpha value is -2.62. The van der Waals surface area contributed by atoms with Crippen LogP contribution in [0.4, 0.5) is 14.6 Å². The SMILES string of the molecule is Cc1cc(C)n(-c2cc(NC3NNC(c4ccc(F)cc4F)C3Cl)ncn2)n1. The van der Waals surface area contributed by atoms with E-state index >= 15 is 0 Å². The van der Waals surface area contributed by atoms with E-state index in [1.54, 1.807) is 10.7 Å². The first kappa shape index (κ1) is 18.7. The lowest BCUT2D eigenvalue weighted by Gasteiger charge is -2.19. The molecular weight excluding hydrogens is 388 g/mol. The Morgan fingerprint density at radius 1 is 1.11 bits per heavy atom. The minimum absolute atomic E-state index is 0.282. The number of nitrogens with one attached hydrogen (secondary N) is 3. The Balaban J connectivity index is 1.52. The van der Waals surface area contributed by atoms with Crippen molar-refractivity contribution >= 4 is 17.4 Å². The molecule has 7 nitrogen and oxygen atoms in total. The van der Waals surface area contributed by atoms with Gasteiger partial charge in [-0.2, -0.15) is 5.10 Å². The van der Waals surface area contributed by atoms with Crippen molar-refractivity contribution in [3.63, 3.8) is 0 Å². The zero-order valence-corrected chi connectivity index (χ0v) is 15.9. The van der Waals surface area contributed by atoms with Gasteiger partial charge in [0.1, 0.15) is 29.9 Å². The standard InChI is InChI=1S/C18H18ClF2N7/c1-9-5-10(2)28(27-9)15-7-14(22-8-23-15)24-18-16(19)17(25-26-18)12-4-3-11(20)6-13(12)21/h3-8,16-18,25-26H,1-2H3,(H,22,23,24). The van der Waals surface area contributed by atoms with E-state index in [0.29, 0.717) is 11.6 Å². The van der Waals surface area contributed by atoms with Crippen molar-refractivity contribution < 1.29 is 8.78 Å². The van der Waals surface area contributed by atoms with E-state index < -0.39 is 29.2 Å². The van der Waals surface area contributed by atoms with Crippen LogP contribution in [0.25, 0.3) is 5.82 Å². The first-order valence-corrected chi connectivity index (χ1v) is 9.08. The van der Waals surface area contributed by atoms with Crippen LogP contribution < -0.4 is 16.2 Å². The van der Waals surface area contributed by atoms with Gasteiger partial charge in [-0.25, -0.2) is 34.3 Å². The number of benzene rings is 1. The van der Waals surface area contributed by atoms with Gasteiger partial charge in [-0.05, 0) is 26.0 Å². The summed E-state index contributed by atoms with van der Waals surface area (Å²) in [6, 6.07) is 6.58. The third-order valence-electron chi connectivity index (χ3n) is 4.51. The molecule has 1 fully saturated rings. The van der Waals surface area contributed by atoms with Crippen LogP contribution in [0.1, 0.15) is 23.0 Å². The molecule has 3 unspecified atom stereocenters. The molecule has 0 bridgehead atoms. The first-order valence-electron chi connectivity index (χ1n) is 8.64. The number of nitrogens with zero attached hydrogens (tertiary/aromatic N) is 4. The number of aryl methyl sites for hydroxylation is 2. The Labute approximate surface area is 165 Å².